The molecule has 0 fully saturated rings. The maximum atomic E-state index is 9.30. The Morgan fingerprint density at radius 2 is 2.07 bits per heavy atom. The fraction of sp³-hybridized carbons (Fsp3) is 1.00. The molecule has 15 heavy (non-hydrogen) atoms. The average molecular weight is 218 g/mol. The van der Waals surface area contributed by atoms with Crippen molar-refractivity contribution >= 4 is 0 Å². The lowest BCUT2D eigenvalue weighted by molar-refractivity contribution is 0.00896. The monoisotopic (exact) mass is 218 g/mol. The SMILES string of the molecule is COCC(CCCN)N(C)C(C)(C)CO. The van der Waals surface area contributed by atoms with Gasteiger partial charge in [0.2, 0.25) is 0 Å². The number of aliphatic hydroxyl groups is 1. The number of likely N-dealkylation sites (N-methyl/N-ethyl adjacent to an activating group) is 1. The summed E-state index contributed by atoms with van der Waals surface area (Å²) in [7, 11) is 3.73. The molecule has 0 aliphatic carbocycles. The molecule has 0 saturated carbocycles. The Morgan fingerprint density at radius 1 is 1.47 bits per heavy atom. The first kappa shape index (κ1) is 14.8. The average Bonchev–Trinajstić information content (AvgIpc) is 2.23. The normalized spacial score (nSPS) is 14.6. The summed E-state index contributed by atoms with van der Waals surface area (Å²) in [6, 6.07) is 0.320. The van der Waals surface area contributed by atoms with Crippen LogP contribution in [0.3, 0.4) is 0 Å². The third kappa shape index (κ3) is 4.93. The summed E-state index contributed by atoms with van der Waals surface area (Å²) in [5.74, 6) is 0. The van der Waals surface area contributed by atoms with Crippen molar-refractivity contribution in [2.75, 3.05) is 33.9 Å². The Labute approximate surface area is 93.4 Å². The summed E-state index contributed by atoms with van der Waals surface area (Å²) in [5.41, 5.74) is 5.30. The predicted molar refractivity (Wildman–Crippen MR) is 62.9 cm³/mol. The van der Waals surface area contributed by atoms with Gasteiger partial charge in [0, 0.05) is 18.7 Å². The maximum Gasteiger partial charge on any atom is 0.0618 e. The number of hydrogen-bond donors (Lipinski definition) is 2. The van der Waals surface area contributed by atoms with Crippen molar-refractivity contribution in [2.24, 2.45) is 5.73 Å². The minimum atomic E-state index is -0.211. The molecule has 0 bridgehead atoms. The molecular weight excluding hydrogens is 192 g/mol. The van der Waals surface area contributed by atoms with Crippen molar-refractivity contribution in [3.8, 4) is 0 Å². The molecule has 0 aromatic rings. The van der Waals surface area contributed by atoms with Gasteiger partial charge in [-0.05, 0) is 40.3 Å². The van der Waals surface area contributed by atoms with Crippen LogP contribution in [-0.2, 0) is 4.74 Å². The van der Waals surface area contributed by atoms with Crippen LogP contribution >= 0.6 is 0 Å². The predicted octanol–water partition coefficient (Wildman–Crippen LogP) is 0.443. The van der Waals surface area contributed by atoms with E-state index < -0.39 is 0 Å². The van der Waals surface area contributed by atoms with Gasteiger partial charge in [0.05, 0.1) is 13.2 Å². The van der Waals surface area contributed by atoms with E-state index in [9.17, 15) is 5.11 Å². The molecule has 4 nitrogen and oxygen atoms in total. The van der Waals surface area contributed by atoms with Crippen LogP contribution in [-0.4, -0.2) is 55.5 Å². The molecule has 0 aromatic heterocycles. The van der Waals surface area contributed by atoms with Gasteiger partial charge < -0.3 is 15.6 Å². The van der Waals surface area contributed by atoms with E-state index in [1.54, 1.807) is 7.11 Å². The third-order valence-electron chi connectivity index (χ3n) is 2.99. The molecule has 0 amide bonds. The number of nitrogens with zero attached hydrogens (tertiary/aromatic N) is 1. The maximum absolute atomic E-state index is 9.30. The summed E-state index contributed by atoms with van der Waals surface area (Å²) >= 11 is 0. The van der Waals surface area contributed by atoms with Crippen molar-refractivity contribution in [3.05, 3.63) is 0 Å². The Bertz CT molecular complexity index is 163. The third-order valence-corrected chi connectivity index (χ3v) is 2.99. The van der Waals surface area contributed by atoms with Gasteiger partial charge in [-0.25, -0.2) is 0 Å². The van der Waals surface area contributed by atoms with E-state index in [1.807, 2.05) is 20.9 Å². The molecule has 0 aliphatic rings. The molecule has 1 atom stereocenters. The van der Waals surface area contributed by atoms with E-state index in [2.05, 4.69) is 4.90 Å². The van der Waals surface area contributed by atoms with Crippen LogP contribution in [0, 0.1) is 0 Å². The summed E-state index contributed by atoms with van der Waals surface area (Å²) in [4.78, 5) is 2.17. The minimum absolute atomic E-state index is 0.145. The summed E-state index contributed by atoms with van der Waals surface area (Å²) in [5, 5.41) is 9.30. The van der Waals surface area contributed by atoms with Crippen LogP contribution in [0.2, 0.25) is 0 Å². The van der Waals surface area contributed by atoms with Gasteiger partial charge in [-0.3, -0.25) is 4.90 Å². The van der Waals surface area contributed by atoms with Gasteiger partial charge in [-0.1, -0.05) is 0 Å². The Hall–Kier alpha value is -0.160. The topological polar surface area (TPSA) is 58.7 Å². The fourth-order valence-electron chi connectivity index (χ4n) is 1.54. The smallest absolute Gasteiger partial charge is 0.0618 e. The Balaban J connectivity index is 4.32. The first-order chi connectivity index (χ1) is 6.99. The van der Waals surface area contributed by atoms with Crippen LogP contribution < -0.4 is 5.73 Å². The lowest BCUT2D eigenvalue weighted by Crippen LogP contribution is -2.51. The number of rotatable bonds is 8. The van der Waals surface area contributed by atoms with E-state index in [-0.39, 0.29) is 12.1 Å². The molecule has 0 saturated heterocycles. The standard InChI is InChI=1S/C11H26N2O2/c1-11(2,9-14)13(3)10(8-15-4)6-5-7-12/h10,14H,5-9,12H2,1-4H3. The number of nitrogens with two attached hydrogens (primary N) is 1. The van der Waals surface area contributed by atoms with Gasteiger partial charge in [-0.2, -0.15) is 0 Å². The van der Waals surface area contributed by atoms with Crippen LogP contribution in [0.25, 0.3) is 0 Å². The molecular formula is C11H26N2O2. The van der Waals surface area contributed by atoms with Crippen molar-refractivity contribution in [3.63, 3.8) is 0 Å². The molecule has 0 rings (SSSR count). The van der Waals surface area contributed by atoms with Crippen LogP contribution in [0.4, 0.5) is 0 Å². The molecule has 4 heteroatoms. The second-order valence-corrected chi connectivity index (χ2v) is 4.62. The van der Waals surface area contributed by atoms with Crippen LogP contribution in [0.1, 0.15) is 26.7 Å². The van der Waals surface area contributed by atoms with Crippen molar-refractivity contribution in [1.82, 2.24) is 4.90 Å². The van der Waals surface area contributed by atoms with E-state index in [1.165, 1.54) is 0 Å². The molecule has 1 unspecified atom stereocenters. The van der Waals surface area contributed by atoms with Gasteiger partial charge >= 0.3 is 0 Å². The van der Waals surface area contributed by atoms with E-state index >= 15 is 0 Å². The molecule has 0 spiro atoms. The highest BCUT2D eigenvalue weighted by Crippen LogP contribution is 2.17. The summed E-state index contributed by atoms with van der Waals surface area (Å²) < 4.78 is 5.20. The quantitative estimate of drug-likeness (QED) is 0.621. The van der Waals surface area contributed by atoms with Gasteiger partial charge in [0.15, 0.2) is 0 Å². The molecule has 92 valence electrons. The largest absolute Gasteiger partial charge is 0.394 e. The molecule has 0 aliphatic heterocycles. The van der Waals surface area contributed by atoms with Gasteiger partial charge in [-0.15, -0.1) is 0 Å². The van der Waals surface area contributed by atoms with Crippen molar-refractivity contribution < 1.29 is 9.84 Å². The number of aliphatic hydroxyl groups excluding tert-OH is 1. The highest BCUT2D eigenvalue weighted by atomic mass is 16.5. The van der Waals surface area contributed by atoms with Crippen LogP contribution in [0.15, 0.2) is 0 Å². The lowest BCUT2D eigenvalue weighted by Gasteiger charge is -2.39. The first-order valence-corrected chi connectivity index (χ1v) is 5.52. The second kappa shape index (κ2) is 7.17. The highest BCUT2D eigenvalue weighted by molar-refractivity contribution is 4.83. The molecule has 0 aromatic carbocycles. The van der Waals surface area contributed by atoms with Crippen molar-refractivity contribution in [2.45, 2.75) is 38.3 Å². The van der Waals surface area contributed by atoms with E-state index in [0.717, 1.165) is 12.8 Å². The Kier molecular flexibility index (Phi) is 7.09. The van der Waals surface area contributed by atoms with Crippen molar-refractivity contribution in [1.29, 1.82) is 0 Å². The van der Waals surface area contributed by atoms with Gasteiger partial charge in [0.25, 0.3) is 0 Å². The fourth-order valence-corrected chi connectivity index (χ4v) is 1.54. The minimum Gasteiger partial charge on any atom is -0.394 e. The number of methoxy groups -OCH3 is 1. The van der Waals surface area contributed by atoms with E-state index in [0.29, 0.717) is 19.2 Å². The number of hydrogen-bond acceptors (Lipinski definition) is 4. The number of ether oxygens (including phenoxy) is 1. The Morgan fingerprint density at radius 3 is 2.47 bits per heavy atom. The molecule has 0 radical (unpaired) electrons. The summed E-state index contributed by atoms with van der Waals surface area (Å²) in [6.07, 6.45) is 1.99. The van der Waals surface area contributed by atoms with Crippen LogP contribution in [0.5, 0.6) is 0 Å². The first-order valence-electron chi connectivity index (χ1n) is 5.52. The lowest BCUT2D eigenvalue weighted by atomic mass is 10.0. The van der Waals surface area contributed by atoms with Gasteiger partial charge in [0.1, 0.15) is 0 Å². The zero-order valence-electron chi connectivity index (χ0n) is 10.5. The summed E-state index contributed by atoms with van der Waals surface area (Å²) in [6.45, 7) is 5.58. The second-order valence-electron chi connectivity index (χ2n) is 4.62. The highest BCUT2D eigenvalue weighted by Gasteiger charge is 2.28. The van der Waals surface area contributed by atoms with E-state index in [4.69, 9.17) is 10.5 Å². The zero-order valence-corrected chi connectivity index (χ0v) is 10.5. The molecule has 0 heterocycles. The molecule has 3 N–H and O–H groups in total. The zero-order chi connectivity index (χ0) is 11.9.